The molecule has 0 aromatic heterocycles. The Kier molecular flexibility index (Phi) is 4.66. The third-order valence-electron chi connectivity index (χ3n) is 2.74. The first-order valence-electron chi connectivity index (χ1n) is 6.35. The van der Waals surface area contributed by atoms with Crippen molar-refractivity contribution in [3.63, 3.8) is 0 Å². The Balaban J connectivity index is 1.78. The fraction of sp³-hybridized carbons (Fsp3) is 0.357. The average Bonchev–Trinajstić information content (AvgIpc) is 2.93. The topological polar surface area (TPSA) is 63.0 Å². The van der Waals surface area contributed by atoms with Gasteiger partial charge in [0.05, 0.1) is 12.6 Å². The highest BCUT2D eigenvalue weighted by Gasteiger charge is 2.08. The van der Waals surface area contributed by atoms with E-state index in [1.165, 1.54) is 0 Å². The lowest BCUT2D eigenvalue weighted by Gasteiger charge is -2.07. The summed E-state index contributed by atoms with van der Waals surface area (Å²) >= 11 is 0. The van der Waals surface area contributed by atoms with Crippen LogP contribution in [0.15, 0.2) is 34.3 Å². The summed E-state index contributed by atoms with van der Waals surface area (Å²) in [6.45, 7) is 3.13. The summed E-state index contributed by atoms with van der Waals surface area (Å²) in [6.07, 6.45) is 4.09. The van der Waals surface area contributed by atoms with Gasteiger partial charge in [-0.25, -0.2) is 4.99 Å². The van der Waals surface area contributed by atoms with Gasteiger partial charge in [-0.1, -0.05) is 0 Å². The molecule has 0 spiro atoms. The van der Waals surface area contributed by atoms with E-state index in [-0.39, 0.29) is 11.9 Å². The molecule has 5 nitrogen and oxygen atoms in total. The molecule has 1 aromatic rings. The average molecular weight is 259 g/mol. The first kappa shape index (κ1) is 13.3. The summed E-state index contributed by atoms with van der Waals surface area (Å²) in [7, 11) is 0. The molecule has 100 valence electrons. The normalized spacial score (nSPS) is 16.6. The van der Waals surface area contributed by atoms with Crippen molar-refractivity contribution in [1.82, 2.24) is 5.32 Å². The van der Waals surface area contributed by atoms with E-state index >= 15 is 0 Å². The van der Waals surface area contributed by atoms with Crippen LogP contribution in [-0.2, 0) is 0 Å². The molecule has 1 aromatic carbocycles. The number of rotatable bonds is 6. The molecule has 0 radical (unpaired) electrons. The second-order valence-corrected chi connectivity index (χ2v) is 4.13. The minimum atomic E-state index is -0.0815. The van der Waals surface area contributed by atoms with Crippen molar-refractivity contribution >= 4 is 18.5 Å². The van der Waals surface area contributed by atoms with Crippen molar-refractivity contribution < 1.29 is 9.53 Å². The van der Waals surface area contributed by atoms with Crippen LogP contribution in [0, 0.1) is 0 Å². The first-order valence-corrected chi connectivity index (χ1v) is 6.35. The molecule has 5 heteroatoms. The largest absolute Gasteiger partial charge is 0.494 e. The number of nitrogens with one attached hydrogen (secondary N) is 1. The lowest BCUT2D eigenvalue weighted by atomic mass is 10.2. The van der Waals surface area contributed by atoms with E-state index in [9.17, 15) is 4.79 Å². The molecule has 1 N–H and O–H groups in total. The Hall–Kier alpha value is -2.17. The van der Waals surface area contributed by atoms with Gasteiger partial charge in [-0.2, -0.15) is 0 Å². The molecule has 0 bridgehead atoms. The van der Waals surface area contributed by atoms with Crippen LogP contribution in [0.5, 0.6) is 5.75 Å². The van der Waals surface area contributed by atoms with E-state index in [0.717, 1.165) is 12.2 Å². The van der Waals surface area contributed by atoms with Crippen LogP contribution in [0.25, 0.3) is 0 Å². The molecule has 0 saturated carbocycles. The number of nitrogens with zero attached hydrogens (tertiary/aromatic N) is 2. The predicted molar refractivity (Wildman–Crippen MR) is 75.3 cm³/mol. The molecule has 0 fully saturated rings. The number of carbonyl (C=O) groups excluding carboxylic acids is 1. The molecule has 1 heterocycles. The van der Waals surface area contributed by atoms with Crippen molar-refractivity contribution in [3.8, 4) is 5.75 Å². The Morgan fingerprint density at radius 3 is 2.79 bits per heavy atom. The van der Waals surface area contributed by atoms with Crippen molar-refractivity contribution in [3.05, 3.63) is 29.8 Å². The second-order valence-electron chi connectivity index (χ2n) is 4.13. The van der Waals surface area contributed by atoms with Crippen LogP contribution in [0.3, 0.4) is 0 Å². The lowest BCUT2D eigenvalue weighted by molar-refractivity contribution is 0.0953. The number of aliphatic imine (C=N–C) groups is 2. The Morgan fingerprint density at radius 2 is 2.16 bits per heavy atom. The lowest BCUT2D eigenvalue weighted by Crippen LogP contribution is -2.26. The number of benzene rings is 1. The van der Waals surface area contributed by atoms with Crippen LogP contribution >= 0.6 is 0 Å². The van der Waals surface area contributed by atoms with Crippen LogP contribution in [-0.4, -0.2) is 37.7 Å². The number of hydrogen-bond acceptors (Lipinski definition) is 4. The maximum atomic E-state index is 11.9. The molecule has 1 aliphatic heterocycles. The molecule has 1 aliphatic rings. The Labute approximate surface area is 112 Å². The monoisotopic (exact) mass is 259 g/mol. The van der Waals surface area contributed by atoms with Gasteiger partial charge in [0.25, 0.3) is 5.91 Å². The fourth-order valence-electron chi connectivity index (χ4n) is 1.75. The molecule has 2 rings (SSSR count). The third-order valence-corrected chi connectivity index (χ3v) is 2.74. The van der Waals surface area contributed by atoms with Crippen molar-refractivity contribution in [2.45, 2.75) is 19.4 Å². The SMILES string of the molecule is CCOc1ccc(C(=O)NCCC2C=NC=N2)cc1. The standard InChI is InChI=1S/C14H17N3O2/c1-2-19-13-5-3-11(4-6-13)14(18)16-8-7-12-9-15-10-17-12/h3-6,9-10,12H,2,7-8H2,1H3,(H,16,18). The van der Waals surface area contributed by atoms with Crippen LogP contribution in [0.2, 0.25) is 0 Å². The zero-order valence-corrected chi connectivity index (χ0v) is 10.9. The highest BCUT2D eigenvalue weighted by Crippen LogP contribution is 2.12. The zero-order valence-electron chi connectivity index (χ0n) is 10.9. The summed E-state index contributed by atoms with van der Waals surface area (Å²) in [5.74, 6) is 0.692. The summed E-state index contributed by atoms with van der Waals surface area (Å²) in [5.41, 5.74) is 0.632. The van der Waals surface area contributed by atoms with E-state index in [4.69, 9.17) is 4.74 Å². The second kappa shape index (κ2) is 6.68. The molecule has 1 amide bonds. The molecular weight excluding hydrogens is 242 g/mol. The number of ether oxygens (including phenoxy) is 1. The maximum Gasteiger partial charge on any atom is 0.251 e. The maximum absolute atomic E-state index is 11.9. The summed E-state index contributed by atoms with van der Waals surface area (Å²) in [6, 6.07) is 7.21. The summed E-state index contributed by atoms with van der Waals surface area (Å²) in [4.78, 5) is 19.9. The van der Waals surface area contributed by atoms with Gasteiger partial charge in [0.2, 0.25) is 0 Å². The molecule has 1 atom stereocenters. The molecule has 1 unspecified atom stereocenters. The van der Waals surface area contributed by atoms with Crippen LogP contribution in [0.1, 0.15) is 23.7 Å². The van der Waals surface area contributed by atoms with Gasteiger partial charge in [-0.15, -0.1) is 0 Å². The highest BCUT2D eigenvalue weighted by molar-refractivity contribution is 5.94. The minimum absolute atomic E-state index is 0.0815. The van der Waals surface area contributed by atoms with Gasteiger partial charge in [0.15, 0.2) is 0 Å². The van der Waals surface area contributed by atoms with Crippen molar-refractivity contribution in [1.29, 1.82) is 0 Å². The van der Waals surface area contributed by atoms with Crippen LogP contribution < -0.4 is 10.1 Å². The summed E-state index contributed by atoms with van der Waals surface area (Å²) < 4.78 is 5.33. The number of hydrogen-bond donors (Lipinski definition) is 1. The Bertz CT molecular complexity index is 468. The van der Waals surface area contributed by atoms with Gasteiger partial charge in [0.1, 0.15) is 12.1 Å². The Morgan fingerprint density at radius 1 is 1.37 bits per heavy atom. The molecule has 19 heavy (non-hydrogen) atoms. The van der Waals surface area contributed by atoms with Gasteiger partial charge in [-0.05, 0) is 37.6 Å². The summed E-state index contributed by atoms with van der Waals surface area (Å²) in [5, 5.41) is 2.86. The third kappa shape index (κ3) is 3.91. The van der Waals surface area contributed by atoms with Gasteiger partial charge >= 0.3 is 0 Å². The van der Waals surface area contributed by atoms with Crippen molar-refractivity contribution in [2.24, 2.45) is 9.98 Å². The molecule has 0 aliphatic carbocycles. The predicted octanol–water partition coefficient (Wildman–Crippen LogP) is 1.69. The zero-order chi connectivity index (χ0) is 13.5. The van der Waals surface area contributed by atoms with Crippen LogP contribution in [0.4, 0.5) is 0 Å². The smallest absolute Gasteiger partial charge is 0.251 e. The first-order chi connectivity index (χ1) is 9.29. The fourth-order valence-corrected chi connectivity index (χ4v) is 1.75. The van der Waals surface area contributed by atoms with E-state index in [0.29, 0.717) is 18.7 Å². The number of carbonyl (C=O) groups is 1. The van der Waals surface area contributed by atoms with E-state index < -0.39 is 0 Å². The van der Waals surface area contributed by atoms with E-state index in [2.05, 4.69) is 15.3 Å². The van der Waals surface area contributed by atoms with E-state index in [1.807, 2.05) is 6.92 Å². The van der Waals surface area contributed by atoms with E-state index in [1.54, 1.807) is 36.8 Å². The molecule has 0 saturated heterocycles. The minimum Gasteiger partial charge on any atom is -0.494 e. The van der Waals surface area contributed by atoms with Gasteiger partial charge in [0, 0.05) is 18.3 Å². The van der Waals surface area contributed by atoms with Gasteiger partial charge < -0.3 is 10.1 Å². The highest BCUT2D eigenvalue weighted by atomic mass is 16.5. The van der Waals surface area contributed by atoms with Crippen molar-refractivity contribution in [2.75, 3.05) is 13.2 Å². The quantitative estimate of drug-likeness (QED) is 0.845. The molecular formula is C14H17N3O2. The number of amides is 1. The van der Waals surface area contributed by atoms with Gasteiger partial charge in [-0.3, -0.25) is 9.79 Å².